The van der Waals surface area contributed by atoms with E-state index in [9.17, 15) is 4.79 Å². The Morgan fingerprint density at radius 1 is 1.50 bits per heavy atom. The van der Waals surface area contributed by atoms with Gasteiger partial charge in [-0.25, -0.2) is 9.78 Å². The number of hydrogen-bond donors (Lipinski definition) is 2. The normalized spacial score (nSPS) is 18.5. The number of likely N-dealkylation sites (tertiary alicyclic amines) is 1. The van der Waals surface area contributed by atoms with E-state index >= 15 is 0 Å². The van der Waals surface area contributed by atoms with Gasteiger partial charge in [0, 0.05) is 23.2 Å². The first-order valence-corrected chi connectivity index (χ1v) is 8.43. The zero-order chi connectivity index (χ0) is 15.5. The number of nitrogens with one attached hydrogen (secondary N) is 2. The summed E-state index contributed by atoms with van der Waals surface area (Å²) < 4.78 is 0. The molecule has 3 heterocycles. The summed E-state index contributed by atoms with van der Waals surface area (Å²) in [7, 11) is 0. The van der Waals surface area contributed by atoms with Crippen LogP contribution in [0.5, 0.6) is 0 Å². The first-order valence-electron chi connectivity index (χ1n) is 7.61. The molecule has 0 unspecified atom stereocenters. The lowest BCUT2D eigenvalue weighted by Gasteiger charge is -2.35. The number of urea groups is 1. The molecule has 1 fully saturated rings. The van der Waals surface area contributed by atoms with Gasteiger partial charge in [0.25, 0.3) is 0 Å². The molecule has 3 rings (SSSR count). The molecule has 118 valence electrons. The van der Waals surface area contributed by atoms with Gasteiger partial charge in [-0.2, -0.15) is 5.10 Å². The number of rotatable bonds is 3. The van der Waals surface area contributed by atoms with Crippen LogP contribution in [0.4, 0.5) is 4.79 Å². The lowest BCUT2D eigenvalue weighted by Crippen LogP contribution is -2.44. The van der Waals surface area contributed by atoms with Crippen molar-refractivity contribution in [3.05, 3.63) is 33.5 Å². The summed E-state index contributed by atoms with van der Waals surface area (Å²) in [6.07, 6.45) is 6.87. The summed E-state index contributed by atoms with van der Waals surface area (Å²) in [4.78, 5) is 20.1. The van der Waals surface area contributed by atoms with Crippen LogP contribution >= 0.6 is 11.3 Å². The standard InChI is InChI=1S/C15H21N5OS/c1-10-11(2)22-14(19-10)9-16-15(21)20-6-4-3-5-13(20)12-7-17-18-8-12/h7-8,13H,3-6,9H2,1-2H3,(H,16,21)(H,17,18)/t13-/m0/s1. The molecule has 7 heteroatoms. The summed E-state index contributed by atoms with van der Waals surface area (Å²) in [6, 6.07) is 0.101. The van der Waals surface area contributed by atoms with Gasteiger partial charge in [0.05, 0.1) is 24.5 Å². The fourth-order valence-electron chi connectivity index (χ4n) is 2.83. The third-order valence-electron chi connectivity index (χ3n) is 4.13. The number of amides is 2. The van der Waals surface area contributed by atoms with E-state index in [1.807, 2.05) is 24.2 Å². The van der Waals surface area contributed by atoms with E-state index in [0.717, 1.165) is 42.1 Å². The average Bonchev–Trinajstić information content (AvgIpc) is 3.16. The number of thiazole rings is 1. The maximum absolute atomic E-state index is 12.5. The number of carbonyl (C=O) groups is 1. The Kier molecular flexibility index (Phi) is 4.42. The molecule has 2 N–H and O–H groups in total. The molecule has 2 aromatic heterocycles. The monoisotopic (exact) mass is 319 g/mol. The van der Waals surface area contributed by atoms with Gasteiger partial charge in [0.15, 0.2) is 0 Å². The van der Waals surface area contributed by atoms with Gasteiger partial charge in [0.2, 0.25) is 0 Å². The van der Waals surface area contributed by atoms with Crippen molar-refractivity contribution in [1.82, 2.24) is 25.4 Å². The van der Waals surface area contributed by atoms with E-state index in [1.165, 1.54) is 4.88 Å². The van der Waals surface area contributed by atoms with Crippen LogP contribution in [-0.4, -0.2) is 32.7 Å². The lowest BCUT2D eigenvalue weighted by molar-refractivity contribution is 0.151. The summed E-state index contributed by atoms with van der Waals surface area (Å²) >= 11 is 1.64. The highest BCUT2D eigenvalue weighted by molar-refractivity contribution is 7.11. The van der Waals surface area contributed by atoms with Crippen LogP contribution in [-0.2, 0) is 6.54 Å². The molecule has 0 bridgehead atoms. The summed E-state index contributed by atoms with van der Waals surface area (Å²) in [6.45, 7) is 5.33. The van der Waals surface area contributed by atoms with Crippen molar-refractivity contribution in [3.8, 4) is 0 Å². The van der Waals surface area contributed by atoms with Crippen molar-refractivity contribution in [2.75, 3.05) is 6.54 Å². The molecule has 1 aliphatic heterocycles. The average molecular weight is 319 g/mol. The highest BCUT2D eigenvalue weighted by Gasteiger charge is 2.28. The van der Waals surface area contributed by atoms with E-state index in [0.29, 0.717) is 6.54 Å². The number of carbonyl (C=O) groups excluding carboxylic acids is 1. The molecule has 0 aromatic carbocycles. The Bertz CT molecular complexity index is 617. The fourth-order valence-corrected chi connectivity index (χ4v) is 3.71. The predicted molar refractivity (Wildman–Crippen MR) is 85.7 cm³/mol. The number of hydrogen-bond acceptors (Lipinski definition) is 4. The third-order valence-corrected chi connectivity index (χ3v) is 5.20. The maximum atomic E-state index is 12.5. The van der Waals surface area contributed by atoms with Gasteiger partial charge in [-0.3, -0.25) is 5.10 Å². The van der Waals surface area contributed by atoms with Gasteiger partial charge in [-0.05, 0) is 33.1 Å². The van der Waals surface area contributed by atoms with Gasteiger partial charge < -0.3 is 10.2 Å². The SMILES string of the molecule is Cc1nc(CNC(=O)N2CCCC[C@H]2c2cn[nH]c2)sc1C. The van der Waals surface area contributed by atoms with E-state index in [2.05, 4.69) is 27.4 Å². The van der Waals surface area contributed by atoms with Crippen LogP contribution in [0.3, 0.4) is 0 Å². The topological polar surface area (TPSA) is 73.9 Å². The number of aromatic nitrogens is 3. The van der Waals surface area contributed by atoms with Crippen molar-refractivity contribution in [1.29, 1.82) is 0 Å². The van der Waals surface area contributed by atoms with E-state index in [4.69, 9.17) is 0 Å². The van der Waals surface area contributed by atoms with E-state index in [1.54, 1.807) is 11.3 Å². The maximum Gasteiger partial charge on any atom is 0.318 e. The van der Waals surface area contributed by atoms with Crippen molar-refractivity contribution >= 4 is 17.4 Å². The second kappa shape index (κ2) is 6.48. The van der Waals surface area contributed by atoms with Crippen LogP contribution in [0.2, 0.25) is 0 Å². The first kappa shape index (κ1) is 15.0. The van der Waals surface area contributed by atoms with Crippen LogP contribution in [0, 0.1) is 13.8 Å². The van der Waals surface area contributed by atoms with Crippen molar-refractivity contribution in [3.63, 3.8) is 0 Å². The number of nitrogens with zero attached hydrogens (tertiary/aromatic N) is 3. The Balaban J connectivity index is 1.64. The Morgan fingerprint density at radius 3 is 3.05 bits per heavy atom. The van der Waals surface area contributed by atoms with E-state index in [-0.39, 0.29) is 12.1 Å². The largest absolute Gasteiger partial charge is 0.331 e. The minimum absolute atomic E-state index is 0.0172. The quantitative estimate of drug-likeness (QED) is 0.913. The van der Waals surface area contributed by atoms with Gasteiger partial charge in [0.1, 0.15) is 5.01 Å². The summed E-state index contributed by atoms with van der Waals surface area (Å²) in [5.41, 5.74) is 2.12. The van der Waals surface area contributed by atoms with Crippen LogP contribution in [0.15, 0.2) is 12.4 Å². The molecule has 6 nitrogen and oxygen atoms in total. The lowest BCUT2D eigenvalue weighted by atomic mass is 9.98. The van der Waals surface area contributed by atoms with Crippen molar-refractivity contribution < 1.29 is 4.79 Å². The summed E-state index contributed by atoms with van der Waals surface area (Å²) in [5.74, 6) is 0. The molecule has 2 amide bonds. The van der Waals surface area contributed by atoms with Crippen LogP contribution in [0.25, 0.3) is 0 Å². The molecule has 1 atom stereocenters. The molecule has 1 saturated heterocycles. The molecule has 0 saturated carbocycles. The van der Waals surface area contributed by atoms with Gasteiger partial charge in [-0.1, -0.05) is 0 Å². The second-order valence-electron chi connectivity index (χ2n) is 5.64. The third kappa shape index (κ3) is 3.14. The zero-order valence-electron chi connectivity index (χ0n) is 12.9. The molecular formula is C15H21N5OS. The Morgan fingerprint density at radius 2 is 2.36 bits per heavy atom. The second-order valence-corrected chi connectivity index (χ2v) is 6.93. The minimum Gasteiger partial charge on any atom is -0.331 e. The van der Waals surface area contributed by atoms with Crippen molar-refractivity contribution in [2.45, 2.75) is 45.7 Å². The minimum atomic E-state index is -0.0172. The molecule has 0 radical (unpaired) electrons. The highest BCUT2D eigenvalue weighted by atomic mass is 32.1. The van der Waals surface area contributed by atoms with Gasteiger partial charge >= 0.3 is 6.03 Å². The Labute approximate surface area is 133 Å². The number of H-pyrrole nitrogens is 1. The van der Waals surface area contributed by atoms with E-state index < -0.39 is 0 Å². The molecule has 0 spiro atoms. The smallest absolute Gasteiger partial charge is 0.318 e. The zero-order valence-corrected chi connectivity index (χ0v) is 13.7. The number of piperidine rings is 1. The first-order chi connectivity index (χ1) is 10.6. The predicted octanol–water partition coefficient (Wildman–Crippen LogP) is 2.92. The fraction of sp³-hybridized carbons (Fsp3) is 0.533. The molecule has 1 aliphatic rings. The highest BCUT2D eigenvalue weighted by Crippen LogP contribution is 2.30. The molecule has 2 aromatic rings. The number of aryl methyl sites for hydroxylation is 2. The number of aromatic amines is 1. The van der Waals surface area contributed by atoms with Gasteiger partial charge in [-0.15, -0.1) is 11.3 Å². The van der Waals surface area contributed by atoms with Crippen LogP contribution < -0.4 is 5.32 Å². The molecular weight excluding hydrogens is 298 g/mol. The molecule has 22 heavy (non-hydrogen) atoms. The summed E-state index contributed by atoms with van der Waals surface area (Å²) in [5, 5.41) is 10.8. The van der Waals surface area contributed by atoms with Crippen LogP contribution in [0.1, 0.15) is 46.4 Å². The molecule has 0 aliphatic carbocycles. The Hall–Kier alpha value is -1.89. The van der Waals surface area contributed by atoms with Crippen molar-refractivity contribution in [2.24, 2.45) is 0 Å².